The van der Waals surface area contributed by atoms with E-state index in [0.717, 1.165) is 35.3 Å². The molecular weight excluding hydrogens is 342 g/mol. The molecule has 1 aromatic heterocycles. The molecule has 1 aliphatic heterocycles. The Morgan fingerprint density at radius 3 is 3.05 bits per heavy atom. The van der Waals surface area contributed by atoms with Crippen molar-refractivity contribution < 1.29 is 0 Å². The van der Waals surface area contributed by atoms with E-state index >= 15 is 0 Å². The second-order valence-corrected chi connectivity index (χ2v) is 7.76. The number of aliphatic imine (C=N–C) groups is 1. The second-order valence-electron chi connectivity index (χ2n) is 4.44. The van der Waals surface area contributed by atoms with Crippen molar-refractivity contribution in [2.45, 2.75) is 31.6 Å². The van der Waals surface area contributed by atoms with E-state index in [1.165, 1.54) is 23.5 Å². The summed E-state index contributed by atoms with van der Waals surface area (Å²) in [6, 6.07) is 2.13. The lowest BCUT2D eigenvalue weighted by Gasteiger charge is -2.14. The van der Waals surface area contributed by atoms with Crippen LogP contribution in [0.4, 0.5) is 0 Å². The minimum atomic E-state index is 0.739. The van der Waals surface area contributed by atoms with E-state index in [4.69, 9.17) is 0 Å². The molecule has 106 valence electrons. The Morgan fingerprint density at radius 1 is 1.53 bits per heavy atom. The number of nitrogens with zero attached hydrogens (tertiary/aromatic N) is 1. The number of hydrogen-bond donors (Lipinski definition) is 2. The van der Waals surface area contributed by atoms with Gasteiger partial charge in [0, 0.05) is 33.1 Å². The van der Waals surface area contributed by atoms with Crippen LogP contribution in [0.2, 0.25) is 0 Å². The number of nitrogens with one attached hydrogen (secondary N) is 2. The molecule has 0 spiro atoms. The zero-order chi connectivity index (χ0) is 13.5. The van der Waals surface area contributed by atoms with Gasteiger partial charge in [0.1, 0.15) is 0 Å². The molecule has 1 saturated heterocycles. The minimum Gasteiger partial charge on any atom is -0.357 e. The van der Waals surface area contributed by atoms with E-state index in [-0.39, 0.29) is 0 Å². The highest BCUT2D eigenvalue weighted by molar-refractivity contribution is 9.10. The first-order valence-electron chi connectivity index (χ1n) is 6.64. The zero-order valence-electron chi connectivity index (χ0n) is 11.1. The fraction of sp³-hybridized carbons (Fsp3) is 0.615. The van der Waals surface area contributed by atoms with Gasteiger partial charge in [-0.25, -0.2) is 4.99 Å². The van der Waals surface area contributed by atoms with Crippen LogP contribution in [0.1, 0.15) is 24.6 Å². The van der Waals surface area contributed by atoms with Gasteiger partial charge in [0.05, 0.1) is 6.54 Å². The molecule has 1 atom stereocenters. The standard InChI is InChI=1S/C13H20BrN3S2/c1-2-15-13(16-7-11-4-3-5-18-11)17-8-12-6-10(14)9-19-12/h6,9,11H,2-5,7-8H2,1H3,(H2,15,16,17). The summed E-state index contributed by atoms with van der Waals surface area (Å²) in [6.07, 6.45) is 2.68. The lowest BCUT2D eigenvalue weighted by molar-refractivity contribution is 0.727. The summed E-state index contributed by atoms with van der Waals surface area (Å²) in [5.74, 6) is 2.24. The maximum absolute atomic E-state index is 4.63. The molecule has 1 unspecified atom stereocenters. The van der Waals surface area contributed by atoms with Crippen LogP contribution in [0.25, 0.3) is 0 Å². The molecule has 1 aromatic rings. The monoisotopic (exact) mass is 361 g/mol. The molecule has 0 saturated carbocycles. The van der Waals surface area contributed by atoms with Gasteiger partial charge in [-0.05, 0) is 47.5 Å². The Morgan fingerprint density at radius 2 is 2.42 bits per heavy atom. The van der Waals surface area contributed by atoms with Crippen molar-refractivity contribution in [3.63, 3.8) is 0 Å². The van der Waals surface area contributed by atoms with Gasteiger partial charge in [0.25, 0.3) is 0 Å². The van der Waals surface area contributed by atoms with E-state index in [1.54, 1.807) is 11.3 Å². The Bertz CT molecular complexity index is 414. The van der Waals surface area contributed by atoms with Gasteiger partial charge in [-0.2, -0.15) is 11.8 Å². The fourth-order valence-corrected chi connectivity index (χ4v) is 4.53. The van der Waals surface area contributed by atoms with Crippen molar-refractivity contribution in [3.05, 3.63) is 20.8 Å². The van der Waals surface area contributed by atoms with E-state index in [1.807, 2.05) is 0 Å². The topological polar surface area (TPSA) is 36.4 Å². The molecule has 3 nitrogen and oxygen atoms in total. The maximum atomic E-state index is 4.63. The summed E-state index contributed by atoms with van der Waals surface area (Å²) >= 11 is 7.28. The van der Waals surface area contributed by atoms with Crippen LogP contribution in [-0.2, 0) is 6.54 Å². The minimum absolute atomic E-state index is 0.739. The highest BCUT2D eigenvalue weighted by Crippen LogP contribution is 2.25. The number of thioether (sulfide) groups is 1. The first-order valence-corrected chi connectivity index (χ1v) is 9.36. The predicted molar refractivity (Wildman–Crippen MR) is 90.3 cm³/mol. The molecule has 0 amide bonds. The third-order valence-corrected chi connectivity index (χ3v) is 5.96. The third-order valence-electron chi connectivity index (χ3n) is 2.88. The third kappa shape index (κ3) is 5.36. The van der Waals surface area contributed by atoms with Gasteiger partial charge < -0.3 is 10.6 Å². The number of guanidine groups is 1. The van der Waals surface area contributed by atoms with E-state index in [9.17, 15) is 0 Å². The van der Waals surface area contributed by atoms with Gasteiger partial charge in [0.15, 0.2) is 5.96 Å². The van der Waals surface area contributed by atoms with Crippen molar-refractivity contribution in [1.82, 2.24) is 10.6 Å². The predicted octanol–water partition coefficient (Wildman–Crippen LogP) is 3.46. The van der Waals surface area contributed by atoms with Gasteiger partial charge in [-0.3, -0.25) is 0 Å². The van der Waals surface area contributed by atoms with E-state index in [2.05, 4.69) is 61.7 Å². The Kier molecular flexibility index (Phi) is 6.53. The quantitative estimate of drug-likeness (QED) is 0.622. The van der Waals surface area contributed by atoms with Crippen LogP contribution in [0.15, 0.2) is 20.9 Å². The first-order chi connectivity index (χ1) is 9.28. The van der Waals surface area contributed by atoms with Crippen LogP contribution in [0.5, 0.6) is 0 Å². The number of hydrogen-bond acceptors (Lipinski definition) is 3. The summed E-state index contributed by atoms with van der Waals surface area (Å²) < 4.78 is 1.14. The van der Waals surface area contributed by atoms with E-state index in [0.29, 0.717) is 0 Å². The van der Waals surface area contributed by atoms with Crippen LogP contribution < -0.4 is 10.6 Å². The summed E-state index contributed by atoms with van der Waals surface area (Å²) in [7, 11) is 0. The number of halogens is 1. The largest absolute Gasteiger partial charge is 0.357 e. The second kappa shape index (κ2) is 8.17. The van der Waals surface area contributed by atoms with Crippen molar-refractivity contribution in [3.8, 4) is 0 Å². The Labute approximate surface area is 131 Å². The van der Waals surface area contributed by atoms with Gasteiger partial charge in [-0.15, -0.1) is 11.3 Å². The molecule has 6 heteroatoms. The zero-order valence-corrected chi connectivity index (χ0v) is 14.3. The molecule has 1 aliphatic rings. The summed E-state index contributed by atoms with van der Waals surface area (Å²) in [5, 5.41) is 9.60. The molecular formula is C13H20BrN3S2. The van der Waals surface area contributed by atoms with Gasteiger partial charge in [0.2, 0.25) is 0 Å². The summed E-state index contributed by atoms with van der Waals surface area (Å²) in [6.45, 7) is 4.76. The van der Waals surface area contributed by atoms with Crippen molar-refractivity contribution in [1.29, 1.82) is 0 Å². The van der Waals surface area contributed by atoms with Gasteiger partial charge in [-0.1, -0.05) is 0 Å². The normalized spacial score (nSPS) is 19.7. The Hall–Kier alpha value is -0.200. The molecule has 0 aromatic carbocycles. The molecule has 0 radical (unpaired) electrons. The van der Waals surface area contributed by atoms with Crippen LogP contribution in [0, 0.1) is 0 Å². The maximum Gasteiger partial charge on any atom is 0.191 e. The Balaban J connectivity index is 1.83. The average Bonchev–Trinajstić information content (AvgIpc) is 3.04. The first kappa shape index (κ1) is 15.2. The molecule has 19 heavy (non-hydrogen) atoms. The van der Waals surface area contributed by atoms with Crippen LogP contribution in [0.3, 0.4) is 0 Å². The molecule has 0 bridgehead atoms. The fourth-order valence-electron chi connectivity index (χ4n) is 1.95. The van der Waals surface area contributed by atoms with Crippen molar-refractivity contribution in [2.24, 2.45) is 4.99 Å². The molecule has 1 fully saturated rings. The SMILES string of the molecule is CCNC(=NCc1cc(Br)cs1)NCC1CCCS1. The van der Waals surface area contributed by atoms with Crippen molar-refractivity contribution in [2.75, 3.05) is 18.8 Å². The highest BCUT2D eigenvalue weighted by Gasteiger charge is 2.15. The molecule has 2 rings (SSSR count). The van der Waals surface area contributed by atoms with Gasteiger partial charge >= 0.3 is 0 Å². The van der Waals surface area contributed by atoms with Crippen LogP contribution >= 0.6 is 39.0 Å². The lowest BCUT2D eigenvalue weighted by atomic mass is 10.2. The summed E-state index contributed by atoms with van der Waals surface area (Å²) in [4.78, 5) is 5.91. The highest BCUT2D eigenvalue weighted by atomic mass is 79.9. The lowest BCUT2D eigenvalue weighted by Crippen LogP contribution is -2.40. The smallest absolute Gasteiger partial charge is 0.191 e. The van der Waals surface area contributed by atoms with Crippen molar-refractivity contribution >= 4 is 45.0 Å². The number of thiophene rings is 1. The van der Waals surface area contributed by atoms with Crippen LogP contribution in [-0.4, -0.2) is 30.1 Å². The average molecular weight is 362 g/mol. The van der Waals surface area contributed by atoms with E-state index < -0.39 is 0 Å². The number of rotatable bonds is 5. The molecule has 2 N–H and O–H groups in total. The molecule has 0 aliphatic carbocycles. The molecule has 2 heterocycles. The summed E-state index contributed by atoms with van der Waals surface area (Å²) in [5.41, 5.74) is 0.